The van der Waals surface area contributed by atoms with E-state index < -0.39 is 32.8 Å². The number of hydrogen-bond donors (Lipinski definition) is 1. The highest BCUT2D eigenvalue weighted by atomic mass is 32.2. The first-order chi connectivity index (χ1) is 7.71. The summed E-state index contributed by atoms with van der Waals surface area (Å²) in [5.74, 6) is -1.29. The van der Waals surface area contributed by atoms with Crippen LogP contribution in [-0.4, -0.2) is 31.1 Å². The predicted molar refractivity (Wildman–Crippen MR) is 60.4 cm³/mol. The minimum absolute atomic E-state index is 0.0343. The summed E-state index contributed by atoms with van der Waals surface area (Å²) < 4.78 is 48.5. The molecule has 0 aromatic heterocycles. The van der Waals surface area contributed by atoms with Gasteiger partial charge in [0, 0.05) is 12.7 Å². The predicted octanol–water partition coefficient (Wildman–Crippen LogP) is 1.30. The van der Waals surface area contributed by atoms with Crippen molar-refractivity contribution < 1.29 is 22.3 Å². The molecular weight excluding hydrogens is 250 g/mol. The summed E-state index contributed by atoms with van der Waals surface area (Å²) in [7, 11) is -3.41. The number of aliphatic hydroxyl groups is 1. The minimum atomic E-state index is -3.41. The van der Waals surface area contributed by atoms with Crippen LogP contribution in [-0.2, 0) is 16.3 Å². The molecule has 2 unspecified atom stereocenters. The molecule has 1 aromatic carbocycles. The van der Waals surface area contributed by atoms with E-state index in [9.17, 15) is 22.3 Å². The maximum absolute atomic E-state index is 13.3. The van der Waals surface area contributed by atoms with Crippen molar-refractivity contribution in [3.8, 4) is 0 Å². The van der Waals surface area contributed by atoms with E-state index in [4.69, 9.17) is 0 Å². The third kappa shape index (κ3) is 3.74. The van der Waals surface area contributed by atoms with Crippen LogP contribution in [0.2, 0.25) is 0 Å². The molecule has 0 bridgehead atoms. The number of hydrogen-bond acceptors (Lipinski definition) is 3. The molecule has 1 aromatic rings. The average molecular weight is 264 g/mol. The van der Waals surface area contributed by atoms with Gasteiger partial charge in [0.25, 0.3) is 0 Å². The number of aliphatic hydroxyl groups excluding tert-OH is 1. The first-order valence-electron chi connectivity index (χ1n) is 5.02. The molecule has 6 heteroatoms. The Morgan fingerprint density at radius 2 is 1.94 bits per heavy atom. The van der Waals surface area contributed by atoms with Crippen molar-refractivity contribution in [3.63, 3.8) is 0 Å². The molecule has 0 aliphatic rings. The lowest BCUT2D eigenvalue weighted by Gasteiger charge is -2.17. The van der Waals surface area contributed by atoms with Crippen molar-refractivity contribution in [1.82, 2.24) is 0 Å². The Hall–Kier alpha value is -1.01. The first kappa shape index (κ1) is 14.1. The number of rotatable bonds is 4. The Morgan fingerprint density at radius 1 is 1.35 bits per heavy atom. The zero-order valence-corrected chi connectivity index (χ0v) is 10.3. The van der Waals surface area contributed by atoms with Crippen LogP contribution in [0, 0.1) is 11.6 Å². The normalized spacial score (nSPS) is 15.6. The summed E-state index contributed by atoms with van der Waals surface area (Å²) in [4.78, 5) is 0. The first-order valence-corrected chi connectivity index (χ1v) is 6.98. The van der Waals surface area contributed by atoms with Crippen molar-refractivity contribution in [3.05, 3.63) is 35.4 Å². The molecule has 0 radical (unpaired) electrons. The molecule has 0 heterocycles. The minimum Gasteiger partial charge on any atom is -0.391 e. The Morgan fingerprint density at radius 3 is 2.47 bits per heavy atom. The summed E-state index contributed by atoms with van der Waals surface area (Å²) in [5.41, 5.74) is -0.0343. The number of halogens is 2. The second-order valence-corrected chi connectivity index (χ2v) is 6.44. The fourth-order valence-electron chi connectivity index (χ4n) is 1.38. The number of sulfone groups is 1. The van der Waals surface area contributed by atoms with Gasteiger partial charge < -0.3 is 5.11 Å². The lowest BCUT2D eigenvalue weighted by molar-refractivity contribution is 0.172. The van der Waals surface area contributed by atoms with E-state index in [1.807, 2.05) is 0 Å². The highest BCUT2D eigenvalue weighted by molar-refractivity contribution is 7.91. The zero-order chi connectivity index (χ0) is 13.2. The van der Waals surface area contributed by atoms with E-state index in [-0.39, 0.29) is 12.0 Å². The van der Waals surface area contributed by atoms with Crippen molar-refractivity contribution in [1.29, 1.82) is 0 Å². The van der Waals surface area contributed by atoms with Gasteiger partial charge in [-0.2, -0.15) is 0 Å². The van der Waals surface area contributed by atoms with Crippen molar-refractivity contribution in [2.24, 2.45) is 0 Å². The van der Waals surface area contributed by atoms with Gasteiger partial charge in [0.1, 0.15) is 11.6 Å². The van der Waals surface area contributed by atoms with Gasteiger partial charge in [0.2, 0.25) is 0 Å². The van der Waals surface area contributed by atoms with E-state index in [1.165, 1.54) is 6.92 Å². The fourth-order valence-corrected chi connectivity index (χ4v) is 2.04. The van der Waals surface area contributed by atoms with E-state index in [2.05, 4.69) is 0 Å². The fraction of sp³-hybridized carbons (Fsp3) is 0.455. The number of benzene rings is 1. The van der Waals surface area contributed by atoms with E-state index in [0.29, 0.717) is 0 Å². The van der Waals surface area contributed by atoms with Gasteiger partial charge in [0.15, 0.2) is 9.84 Å². The van der Waals surface area contributed by atoms with Gasteiger partial charge in [-0.25, -0.2) is 17.2 Å². The Labute approximate surface area is 99.0 Å². The summed E-state index contributed by atoms with van der Waals surface area (Å²) >= 11 is 0. The molecule has 17 heavy (non-hydrogen) atoms. The summed E-state index contributed by atoms with van der Waals surface area (Å²) in [6.45, 7) is 1.33. The molecule has 1 rings (SSSR count). The molecule has 0 saturated carbocycles. The molecule has 0 aliphatic heterocycles. The third-order valence-corrected chi connectivity index (χ3v) is 4.32. The van der Waals surface area contributed by atoms with E-state index in [1.54, 1.807) is 0 Å². The Kier molecular flexibility index (Phi) is 4.21. The molecular formula is C11H14F2O3S. The van der Waals surface area contributed by atoms with Crippen LogP contribution in [0.3, 0.4) is 0 Å². The van der Waals surface area contributed by atoms with Gasteiger partial charge in [-0.1, -0.05) is 0 Å². The highest BCUT2D eigenvalue weighted by Gasteiger charge is 2.25. The van der Waals surface area contributed by atoms with Crippen molar-refractivity contribution in [2.75, 3.05) is 6.26 Å². The topological polar surface area (TPSA) is 54.4 Å². The molecule has 2 atom stereocenters. The van der Waals surface area contributed by atoms with Gasteiger partial charge >= 0.3 is 0 Å². The van der Waals surface area contributed by atoms with Crippen molar-refractivity contribution in [2.45, 2.75) is 24.7 Å². The molecule has 0 amide bonds. The molecule has 96 valence electrons. The van der Waals surface area contributed by atoms with E-state index in [0.717, 1.165) is 24.5 Å². The maximum atomic E-state index is 13.3. The SMILES string of the molecule is CC(C(O)Cc1cc(F)ccc1F)S(C)(=O)=O. The van der Waals surface area contributed by atoms with Gasteiger partial charge in [-0.15, -0.1) is 0 Å². The molecule has 3 nitrogen and oxygen atoms in total. The van der Waals surface area contributed by atoms with Crippen LogP contribution in [0.1, 0.15) is 12.5 Å². The van der Waals surface area contributed by atoms with Crippen LogP contribution < -0.4 is 0 Å². The second-order valence-electron chi connectivity index (χ2n) is 4.04. The van der Waals surface area contributed by atoms with Crippen LogP contribution in [0.4, 0.5) is 8.78 Å². The summed E-state index contributed by atoms with van der Waals surface area (Å²) in [6, 6.07) is 2.86. The average Bonchev–Trinajstić information content (AvgIpc) is 2.21. The van der Waals surface area contributed by atoms with Crippen molar-refractivity contribution >= 4 is 9.84 Å². The van der Waals surface area contributed by atoms with Gasteiger partial charge in [-0.3, -0.25) is 0 Å². The molecule has 0 spiro atoms. The quantitative estimate of drug-likeness (QED) is 0.892. The lowest BCUT2D eigenvalue weighted by atomic mass is 10.1. The van der Waals surface area contributed by atoms with Crippen LogP contribution in [0.15, 0.2) is 18.2 Å². The van der Waals surface area contributed by atoms with Gasteiger partial charge in [-0.05, 0) is 30.7 Å². The summed E-state index contributed by atoms with van der Waals surface area (Å²) in [5, 5.41) is 8.63. The lowest BCUT2D eigenvalue weighted by Crippen LogP contribution is -2.32. The van der Waals surface area contributed by atoms with Crippen LogP contribution in [0.25, 0.3) is 0 Å². The van der Waals surface area contributed by atoms with Crippen LogP contribution in [0.5, 0.6) is 0 Å². The highest BCUT2D eigenvalue weighted by Crippen LogP contribution is 2.15. The maximum Gasteiger partial charge on any atom is 0.152 e. The Bertz CT molecular complexity index is 499. The van der Waals surface area contributed by atoms with Gasteiger partial charge in [0.05, 0.1) is 11.4 Å². The molecule has 0 aliphatic carbocycles. The third-order valence-electron chi connectivity index (χ3n) is 2.65. The Balaban J connectivity index is 2.88. The standard InChI is InChI=1S/C11H14F2O3S/c1-7(17(2,15)16)11(14)6-8-5-9(12)3-4-10(8)13/h3-5,7,11,14H,6H2,1-2H3. The zero-order valence-electron chi connectivity index (χ0n) is 9.52. The largest absolute Gasteiger partial charge is 0.391 e. The monoisotopic (exact) mass is 264 g/mol. The second kappa shape index (κ2) is 5.10. The van der Waals surface area contributed by atoms with Crippen LogP contribution >= 0.6 is 0 Å². The smallest absolute Gasteiger partial charge is 0.152 e. The summed E-state index contributed by atoms with van der Waals surface area (Å²) in [6.07, 6.45) is -0.512. The molecule has 0 saturated heterocycles. The molecule has 0 fully saturated rings. The molecule has 1 N–H and O–H groups in total. The van der Waals surface area contributed by atoms with E-state index >= 15 is 0 Å².